The van der Waals surface area contributed by atoms with Crippen molar-refractivity contribution in [3.05, 3.63) is 23.3 Å². The number of hydrogen-bond acceptors (Lipinski definition) is 5. The molecule has 0 radical (unpaired) electrons. The summed E-state index contributed by atoms with van der Waals surface area (Å²) in [6, 6.07) is 3.80. The molecule has 2 saturated carbocycles. The van der Waals surface area contributed by atoms with Gasteiger partial charge in [0.05, 0.1) is 17.1 Å². The van der Waals surface area contributed by atoms with E-state index >= 15 is 0 Å². The summed E-state index contributed by atoms with van der Waals surface area (Å²) in [5.74, 6) is 1.42. The van der Waals surface area contributed by atoms with Crippen LogP contribution in [0, 0.1) is 5.92 Å². The number of piperidine rings is 1. The molecule has 1 spiro atoms. The Balaban J connectivity index is 1.52. The van der Waals surface area contributed by atoms with E-state index in [1.54, 1.807) is 6.07 Å². The first-order valence-electron chi connectivity index (χ1n) is 10.2. The summed E-state index contributed by atoms with van der Waals surface area (Å²) < 4.78 is 6.16. The van der Waals surface area contributed by atoms with Crippen molar-refractivity contribution in [2.75, 3.05) is 13.1 Å². The summed E-state index contributed by atoms with van der Waals surface area (Å²) in [6.45, 7) is 2.02. The van der Waals surface area contributed by atoms with Gasteiger partial charge in [0, 0.05) is 18.2 Å². The second kappa shape index (κ2) is 4.94. The highest BCUT2D eigenvalue weighted by Gasteiger charge is 2.72. The van der Waals surface area contributed by atoms with Crippen molar-refractivity contribution >= 4 is 0 Å². The Morgan fingerprint density at radius 2 is 2.04 bits per heavy atom. The van der Waals surface area contributed by atoms with Gasteiger partial charge in [0.15, 0.2) is 11.5 Å². The predicted octanol–water partition coefficient (Wildman–Crippen LogP) is 1.71. The van der Waals surface area contributed by atoms with Gasteiger partial charge in [-0.2, -0.15) is 0 Å². The Morgan fingerprint density at radius 3 is 2.81 bits per heavy atom. The average molecular weight is 357 g/mol. The Kier molecular flexibility index (Phi) is 2.99. The van der Waals surface area contributed by atoms with Crippen LogP contribution in [0.5, 0.6) is 11.5 Å². The highest BCUT2D eigenvalue weighted by Crippen LogP contribution is 2.65. The van der Waals surface area contributed by atoms with E-state index < -0.39 is 23.2 Å². The third-order valence-electron chi connectivity index (χ3n) is 8.26. The molecule has 5 aliphatic rings. The van der Waals surface area contributed by atoms with Crippen LogP contribution in [0.2, 0.25) is 0 Å². The number of benzene rings is 1. The number of aliphatic hydroxyl groups excluding tert-OH is 1. The number of phenolic OH excluding ortho intramolecular Hbond substituents is 1. The molecule has 140 valence electrons. The van der Waals surface area contributed by atoms with Crippen molar-refractivity contribution in [3.63, 3.8) is 0 Å². The fourth-order valence-corrected chi connectivity index (χ4v) is 6.83. The molecule has 0 amide bonds. The molecule has 0 aromatic heterocycles. The summed E-state index contributed by atoms with van der Waals surface area (Å²) in [5, 5.41) is 33.2. The zero-order valence-corrected chi connectivity index (χ0v) is 15.0. The molecule has 1 saturated heterocycles. The summed E-state index contributed by atoms with van der Waals surface area (Å²) in [7, 11) is 0. The molecule has 3 N–H and O–H groups in total. The molecule has 26 heavy (non-hydrogen) atoms. The van der Waals surface area contributed by atoms with E-state index in [2.05, 4.69) is 4.90 Å². The van der Waals surface area contributed by atoms with Crippen LogP contribution in [0.1, 0.15) is 49.7 Å². The van der Waals surface area contributed by atoms with E-state index in [9.17, 15) is 15.3 Å². The van der Waals surface area contributed by atoms with Gasteiger partial charge in [-0.15, -0.1) is 0 Å². The van der Waals surface area contributed by atoms with Crippen molar-refractivity contribution < 1.29 is 20.1 Å². The first-order valence-corrected chi connectivity index (χ1v) is 10.2. The van der Waals surface area contributed by atoms with Crippen molar-refractivity contribution in [2.24, 2.45) is 5.92 Å². The lowest BCUT2D eigenvalue weighted by molar-refractivity contribution is -0.209. The SMILES string of the molecule is Oc1ccc2c3c1O[C@H]1C(O)CCC4(O)[C@@H](C2)N(CC2CCC2)CC[C@]314. The Morgan fingerprint density at radius 1 is 1.19 bits per heavy atom. The summed E-state index contributed by atoms with van der Waals surface area (Å²) in [5.41, 5.74) is 0.712. The van der Waals surface area contributed by atoms with E-state index in [0.29, 0.717) is 18.6 Å². The Bertz CT molecular complexity index is 778. The maximum Gasteiger partial charge on any atom is 0.165 e. The summed E-state index contributed by atoms with van der Waals surface area (Å²) in [6.07, 6.45) is 5.68. The van der Waals surface area contributed by atoms with Crippen LogP contribution in [-0.4, -0.2) is 57.2 Å². The van der Waals surface area contributed by atoms with E-state index in [1.165, 1.54) is 24.8 Å². The minimum absolute atomic E-state index is 0.0819. The largest absolute Gasteiger partial charge is 0.504 e. The molecule has 1 aromatic rings. The fraction of sp³-hybridized carbons (Fsp3) is 0.714. The zero-order valence-electron chi connectivity index (χ0n) is 15.0. The third-order valence-corrected chi connectivity index (χ3v) is 8.26. The molecule has 3 aliphatic carbocycles. The minimum atomic E-state index is -0.884. The molecule has 2 bridgehead atoms. The number of nitrogens with zero attached hydrogens (tertiary/aromatic N) is 1. The number of phenols is 1. The van der Waals surface area contributed by atoms with Gasteiger partial charge >= 0.3 is 0 Å². The first kappa shape index (κ1) is 15.7. The predicted molar refractivity (Wildman–Crippen MR) is 95.4 cm³/mol. The van der Waals surface area contributed by atoms with Gasteiger partial charge in [0.1, 0.15) is 6.10 Å². The maximum atomic E-state index is 12.1. The Hall–Kier alpha value is -1.30. The summed E-state index contributed by atoms with van der Waals surface area (Å²) in [4.78, 5) is 2.53. The monoisotopic (exact) mass is 357 g/mol. The first-order chi connectivity index (χ1) is 12.5. The van der Waals surface area contributed by atoms with Crippen LogP contribution in [0.4, 0.5) is 0 Å². The van der Waals surface area contributed by atoms with Crippen molar-refractivity contribution in [2.45, 2.75) is 74.2 Å². The van der Waals surface area contributed by atoms with Crippen LogP contribution in [-0.2, 0) is 11.8 Å². The highest BCUT2D eigenvalue weighted by atomic mass is 16.5. The van der Waals surface area contributed by atoms with Crippen LogP contribution < -0.4 is 4.74 Å². The maximum absolute atomic E-state index is 12.1. The lowest BCUT2D eigenvalue weighted by Gasteiger charge is -2.64. The smallest absolute Gasteiger partial charge is 0.165 e. The molecule has 2 unspecified atom stereocenters. The fourth-order valence-electron chi connectivity index (χ4n) is 6.83. The summed E-state index contributed by atoms with van der Waals surface area (Å²) >= 11 is 0. The van der Waals surface area contributed by atoms with Crippen LogP contribution in [0.25, 0.3) is 0 Å². The van der Waals surface area contributed by atoms with Gasteiger partial charge in [0.25, 0.3) is 0 Å². The van der Waals surface area contributed by atoms with Gasteiger partial charge in [-0.25, -0.2) is 0 Å². The van der Waals surface area contributed by atoms with Gasteiger partial charge in [-0.1, -0.05) is 12.5 Å². The topological polar surface area (TPSA) is 73.2 Å². The van der Waals surface area contributed by atoms with E-state index in [1.807, 2.05) is 6.07 Å². The number of aromatic hydroxyl groups is 1. The molecule has 2 heterocycles. The third kappa shape index (κ3) is 1.64. The normalized spacial score (nSPS) is 43.5. The molecule has 3 fully saturated rings. The van der Waals surface area contributed by atoms with E-state index in [4.69, 9.17) is 4.74 Å². The van der Waals surface area contributed by atoms with Crippen LogP contribution in [0.15, 0.2) is 12.1 Å². The lowest BCUT2D eigenvalue weighted by atomic mass is 9.48. The zero-order chi connectivity index (χ0) is 17.7. The molecule has 5 atom stereocenters. The quantitative estimate of drug-likeness (QED) is 0.751. The second-order valence-electron chi connectivity index (χ2n) is 9.25. The number of aliphatic hydroxyl groups is 2. The number of ether oxygens (including phenoxy) is 1. The van der Waals surface area contributed by atoms with Gasteiger partial charge in [-0.05, 0) is 62.6 Å². The molecule has 5 heteroatoms. The minimum Gasteiger partial charge on any atom is -0.504 e. The molecular weight excluding hydrogens is 330 g/mol. The van der Waals surface area contributed by atoms with E-state index in [0.717, 1.165) is 37.4 Å². The van der Waals surface area contributed by atoms with Crippen molar-refractivity contribution in [1.82, 2.24) is 4.90 Å². The number of hydrogen-bond donors (Lipinski definition) is 3. The molecule has 2 aliphatic heterocycles. The molecule has 5 nitrogen and oxygen atoms in total. The molecule has 1 aromatic carbocycles. The van der Waals surface area contributed by atoms with Crippen molar-refractivity contribution in [1.29, 1.82) is 0 Å². The number of rotatable bonds is 2. The van der Waals surface area contributed by atoms with Gasteiger partial charge in [0.2, 0.25) is 0 Å². The lowest BCUT2D eigenvalue weighted by Crippen LogP contribution is -2.77. The van der Waals surface area contributed by atoms with Gasteiger partial charge < -0.3 is 20.1 Å². The average Bonchev–Trinajstić information content (AvgIpc) is 2.93. The van der Waals surface area contributed by atoms with Crippen molar-refractivity contribution in [3.8, 4) is 11.5 Å². The second-order valence-corrected chi connectivity index (χ2v) is 9.25. The van der Waals surface area contributed by atoms with Gasteiger partial charge in [-0.3, -0.25) is 4.90 Å². The van der Waals surface area contributed by atoms with E-state index in [-0.39, 0.29) is 11.8 Å². The molecular formula is C21H27NO4. The highest BCUT2D eigenvalue weighted by molar-refractivity contribution is 5.62. The van der Waals surface area contributed by atoms with Crippen LogP contribution >= 0.6 is 0 Å². The molecule has 6 rings (SSSR count). The Labute approximate surface area is 153 Å². The van der Waals surface area contributed by atoms with Crippen LogP contribution in [0.3, 0.4) is 0 Å². The number of likely N-dealkylation sites (tertiary alicyclic amines) is 1. The standard InChI is InChI=1S/C21H27NO4/c23-14-5-4-13-10-16-21(25)7-6-15(24)19-20(21,17(13)18(14)26-19)8-9-22(16)11-12-2-1-3-12/h4-5,12,15-16,19,23-25H,1-3,6-11H2/t15?,16-,19+,20+,21?/m1/s1.